The summed E-state index contributed by atoms with van der Waals surface area (Å²) in [6.07, 6.45) is 4.54. The highest BCUT2D eigenvalue weighted by Crippen LogP contribution is 2.30. The van der Waals surface area contributed by atoms with Crippen molar-refractivity contribution in [1.29, 1.82) is 0 Å². The molecule has 1 amide bonds. The fourth-order valence-electron chi connectivity index (χ4n) is 3.23. The Morgan fingerprint density at radius 2 is 2.04 bits per heavy atom. The topological polar surface area (TPSA) is 73.4 Å². The third-order valence-corrected chi connectivity index (χ3v) is 4.95. The number of rotatable bonds is 6. The minimum Gasteiger partial charge on any atom is -0.378 e. The zero-order chi connectivity index (χ0) is 18.5. The molecule has 1 aliphatic rings. The summed E-state index contributed by atoms with van der Waals surface area (Å²) in [5.74, 6) is -0.00609. The number of amides is 1. The Balaban J connectivity index is 0.00000261. The van der Waals surface area contributed by atoms with Gasteiger partial charge < -0.3 is 15.4 Å². The van der Waals surface area contributed by atoms with Crippen molar-refractivity contribution in [2.24, 2.45) is 12.8 Å². The van der Waals surface area contributed by atoms with Crippen molar-refractivity contribution in [1.82, 2.24) is 14.7 Å². The van der Waals surface area contributed by atoms with Gasteiger partial charge in [0.05, 0.1) is 16.7 Å². The third-order valence-electron chi connectivity index (χ3n) is 4.62. The number of hydrogen-bond acceptors (Lipinski definition) is 4. The first-order chi connectivity index (χ1) is 12.6. The second kappa shape index (κ2) is 10.1. The Kier molecular flexibility index (Phi) is 8.10. The summed E-state index contributed by atoms with van der Waals surface area (Å²) in [6.45, 7) is 2.70. The van der Waals surface area contributed by atoms with Gasteiger partial charge >= 0.3 is 0 Å². The van der Waals surface area contributed by atoms with Gasteiger partial charge in [0.15, 0.2) is 0 Å². The molecule has 1 aromatic heterocycles. The summed E-state index contributed by atoms with van der Waals surface area (Å²) in [5, 5.41) is 5.06. The maximum atomic E-state index is 13.1. The molecule has 8 heteroatoms. The lowest BCUT2D eigenvalue weighted by Gasteiger charge is -2.32. The molecular formula is C19H26Cl2N4O2. The van der Waals surface area contributed by atoms with E-state index >= 15 is 0 Å². The van der Waals surface area contributed by atoms with Gasteiger partial charge in [-0.25, -0.2) is 0 Å². The van der Waals surface area contributed by atoms with Crippen molar-refractivity contribution in [2.75, 3.05) is 26.2 Å². The number of carbonyl (C=O) groups is 1. The maximum Gasteiger partial charge on any atom is 0.257 e. The normalized spacial score (nSPS) is 14.9. The molecule has 1 fully saturated rings. The van der Waals surface area contributed by atoms with Crippen LogP contribution in [0.15, 0.2) is 30.5 Å². The lowest BCUT2D eigenvalue weighted by molar-refractivity contribution is 0.00846. The first-order valence-corrected chi connectivity index (χ1v) is 9.37. The minimum absolute atomic E-state index is 0. The second-order valence-corrected chi connectivity index (χ2v) is 6.96. The largest absolute Gasteiger partial charge is 0.378 e. The lowest BCUT2D eigenvalue weighted by Crippen LogP contribution is -2.41. The highest BCUT2D eigenvalue weighted by Gasteiger charge is 2.27. The number of likely N-dealkylation sites (tertiary alicyclic amines) is 1. The van der Waals surface area contributed by atoms with Gasteiger partial charge in [0.1, 0.15) is 5.69 Å². The Hall–Kier alpha value is -1.60. The van der Waals surface area contributed by atoms with Gasteiger partial charge in [-0.15, -0.1) is 12.4 Å². The Bertz CT molecular complexity index is 758. The van der Waals surface area contributed by atoms with Gasteiger partial charge in [-0.05, 0) is 31.9 Å². The van der Waals surface area contributed by atoms with Crippen molar-refractivity contribution >= 4 is 29.9 Å². The molecule has 0 unspecified atom stereocenters. The smallest absolute Gasteiger partial charge is 0.257 e. The average molecular weight is 413 g/mol. The van der Waals surface area contributed by atoms with Crippen LogP contribution in [-0.2, 0) is 11.8 Å². The lowest BCUT2D eigenvalue weighted by atomic mass is 10.0. The molecule has 0 bridgehead atoms. The van der Waals surface area contributed by atoms with Gasteiger partial charge in [-0.3, -0.25) is 9.48 Å². The molecule has 1 aromatic carbocycles. The van der Waals surface area contributed by atoms with E-state index in [0.29, 0.717) is 42.5 Å². The van der Waals surface area contributed by atoms with E-state index in [0.717, 1.165) is 24.8 Å². The number of piperidine rings is 1. The highest BCUT2D eigenvalue weighted by molar-refractivity contribution is 6.33. The zero-order valence-electron chi connectivity index (χ0n) is 15.4. The summed E-state index contributed by atoms with van der Waals surface area (Å²) >= 11 is 6.31. The van der Waals surface area contributed by atoms with Crippen LogP contribution in [0.1, 0.15) is 29.6 Å². The van der Waals surface area contributed by atoms with E-state index < -0.39 is 0 Å². The Morgan fingerprint density at radius 3 is 2.70 bits per heavy atom. The van der Waals surface area contributed by atoms with Crippen molar-refractivity contribution in [3.8, 4) is 11.3 Å². The quantitative estimate of drug-likeness (QED) is 0.739. The van der Waals surface area contributed by atoms with Crippen LogP contribution in [0.3, 0.4) is 0 Å². The van der Waals surface area contributed by atoms with Crippen molar-refractivity contribution in [2.45, 2.75) is 25.4 Å². The number of nitrogens with zero attached hydrogens (tertiary/aromatic N) is 3. The molecule has 3 rings (SSSR count). The van der Waals surface area contributed by atoms with Crippen LogP contribution in [0, 0.1) is 0 Å². The Morgan fingerprint density at radius 1 is 1.33 bits per heavy atom. The summed E-state index contributed by atoms with van der Waals surface area (Å²) in [7, 11) is 1.81. The van der Waals surface area contributed by atoms with E-state index in [1.165, 1.54) is 0 Å². The average Bonchev–Trinajstić information content (AvgIpc) is 3.04. The molecule has 0 atom stereocenters. The number of benzene rings is 1. The number of aromatic nitrogens is 2. The number of ether oxygens (including phenoxy) is 1. The van der Waals surface area contributed by atoms with Crippen LogP contribution >= 0.6 is 24.0 Å². The first-order valence-electron chi connectivity index (χ1n) is 8.99. The number of nitrogens with two attached hydrogens (primary N) is 1. The highest BCUT2D eigenvalue weighted by atomic mass is 35.5. The molecule has 27 heavy (non-hydrogen) atoms. The van der Waals surface area contributed by atoms with Gasteiger partial charge in [-0.2, -0.15) is 5.10 Å². The van der Waals surface area contributed by atoms with Crippen molar-refractivity contribution in [3.63, 3.8) is 0 Å². The molecule has 148 valence electrons. The van der Waals surface area contributed by atoms with E-state index in [-0.39, 0.29) is 24.4 Å². The van der Waals surface area contributed by atoms with Gasteiger partial charge in [0.25, 0.3) is 5.91 Å². The maximum absolute atomic E-state index is 13.1. The molecule has 0 spiro atoms. The molecule has 0 saturated carbocycles. The first kappa shape index (κ1) is 21.7. The van der Waals surface area contributed by atoms with E-state index in [4.69, 9.17) is 22.1 Å². The molecular weight excluding hydrogens is 387 g/mol. The molecule has 6 nitrogen and oxygen atoms in total. The number of halogens is 2. The van der Waals surface area contributed by atoms with Crippen LogP contribution in [0.25, 0.3) is 11.3 Å². The molecule has 1 saturated heterocycles. The monoisotopic (exact) mass is 412 g/mol. The van der Waals surface area contributed by atoms with Gasteiger partial charge in [-0.1, -0.05) is 29.8 Å². The van der Waals surface area contributed by atoms with E-state index in [9.17, 15) is 4.79 Å². The van der Waals surface area contributed by atoms with Gasteiger partial charge in [0.2, 0.25) is 0 Å². The molecule has 1 aliphatic heterocycles. The predicted molar refractivity (Wildman–Crippen MR) is 109 cm³/mol. The van der Waals surface area contributed by atoms with Crippen molar-refractivity contribution < 1.29 is 9.53 Å². The summed E-state index contributed by atoms with van der Waals surface area (Å²) in [6, 6.07) is 7.46. The van der Waals surface area contributed by atoms with Crippen LogP contribution < -0.4 is 5.73 Å². The number of aryl methyl sites for hydroxylation is 1. The molecule has 2 aromatic rings. The summed E-state index contributed by atoms with van der Waals surface area (Å²) in [5.41, 5.74) is 7.49. The Labute approximate surface area is 171 Å². The van der Waals surface area contributed by atoms with Crippen molar-refractivity contribution in [3.05, 3.63) is 41.0 Å². The zero-order valence-corrected chi connectivity index (χ0v) is 17.0. The predicted octanol–water partition coefficient (Wildman–Crippen LogP) is 3.13. The fraction of sp³-hybridized carbons (Fsp3) is 0.474. The minimum atomic E-state index is -0.00609. The van der Waals surface area contributed by atoms with E-state index in [2.05, 4.69) is 5.10 Å². The molecule has 2 N–H and O–H groups in total. The van der Waals surface area contributed by atoms with Crippen LogP contribution in [-0.4, -0.2) is 52.9 Å². The third kappa shape index (κ3) is 5.23. The van der Waals surface area contributed by atoms with E-state index in [1.54, 1.807) is 10.9 Å². The molecule has 0 aliphatic carbocycles. The summed E-state index contributed by atoms with van der Waals surface area (Å²) in [4.78, 5) is 14.9. The SMILES string of the molecule is Cl.Cn1cc(C(=O)N2CCC(OCCCN)CC2)c(-c2ccccc2Cl)n1. The van der Waals surface area contributed by atoms with Crippen LogP contribution in [0.4, 0.5) is 0 Å². The molecule has 0 radical (unpaired) electrons. The fourth-order valence-corrected chi connectivity index (χ4v) is 3.45. The number of carbonyl (C=O) groups excluding carboxylic acids is 1. The second-order valence-electron chi connectivity index (χ2n) is 6.55. The van der Waals surface area contributed by atoms with E-state index in [1.807, 2.05) is 36.2 Å². The van der Waals surface area contributed by atoms with Crippen LogP contribution in [0.5, 0.6) is 0 Å². The van der Waals surface area contributed by atoms with Crippen LogP contribution in [0.2, 0.25) is 5.02 Å². The standard InChI is InChI=1S/C19H25ClN4O2.ClH/c1-23-13-16(18(22-23)15-5-2-3-6-17(15)20)19(25)24-10-7-14(8-11-24)26-12-4-9-21;/h2-3,5-6,13-14H,4,7-12,21H2,1H3;1H. The summed E-state index contributed by atoms with van der Waals surface area (Å²) < 4.78 is 7.48. The molecule has 2 heterocycles. The number of hydrogen-bond donors (Lipinski definition) is 1. The van der Waals surface area contributed by atoms with Gasteiger partial charge in [0, 0.05) is 38.5 Å².